The molecule has 1 saturated heterocycles. The van der Waals surface area contributed by atoms with Crippen LogP contribution >= 0.6 is 0 Å². The van der Waals surface area contributed by atoms with E-state index < -0.39 is 0 Å². The molecule has 17 heavy (non-hydrogen) atoms. The van der Waals surface area contributed by atoms with E-state index in [1.54, 1.807) is 6.26 Å². The van der Waals surface area contributed by atoms with Gasteiger partial charge in [0.2, 0.25) is 0 Å². The normalized spacial score (nSPS) is 17.6. The summed E-state index contributed by atoms with van der Waals surface area (Å²) >= 11 is 0. The third kappa shape index (κ3) is 3.20. The van der Waals surface area contributed by atoms with Crippen LogP contribution in [0.4, 0.5) is 6.01 Å². The topological polar surface area (TPSA) is 44.5 Å². The van der Waals surface area contributed by atoms with Gasteiger partial charge in [0.15, 0.2) is 0 Å². The SMILES string of the molecule is CCCN1CCN(c2nc(CNC)co2)CC1. The largest absolute Gasteiger partial charge is 0.432 e. The van der Waals surface area contributed by atoms with Crippen molar-refractivity contribution in [1.29, 1.82) is 0 Å². The Morgan fingerprint density at radius 2 is 2.12 bits per heavy atom. The Kier molecular flexibility index (Phi) is 4.39. The maximum atomic E-state index is 5.51. The van der Waals surface area contributed by atoms with Gasteiger partial charge < -0.3 is 14.6 Å². The average molecular weight is 238 g/mol. The zero-order chi connectivity index (χ0) is 12.1. The maximum Gasteiger partial charge on any atom is 0.297 e. The van der Waals surface area contributed by atoms with E-state index in [0.717, 1.165) is 44.4 Å². The van der Waals surface area contributed by atoms with Gasteiger partial charge in [0.1, 0.15) is 6.26 Å². The van der Waals surface area contributed by atoms with Crippen LogP contribution in [0.5, 0.6) is 0 Å². The molecule has 1 N–H and O–H groups in total. The van der Waals surface area contributed by atoms with Crippen LogP contribution in [0, 0.1) is 0 Å². The molecule has 1 aromatic heterocycles. The standard InChI is InChI=1S/C12H22N4O/c1-3-4-15-5-7-16(8-6-15)12-14-11(9-13-2)10-17-12/h10,13H,3-9H2,1-2H3. The van der Waals surface area contributed by atoms with Crippen LogP contribution in [-0.2, 0) is 6.54 Å². The van der Waals surface area contributed by atoms with E-state index in [9.17, 15) is 0 Å². The number of oxazole rings is 1. The van der Waals surface area contributed by atoms with Crippen molar-refractivity contribution in [2.75, 3.05) is 44.7 Å². The molecule has 1 aliphatic heterocycles. The van der Waals surface area contributed by atoms with E-state index >= 15 is 0 Å². The summed E-state index contributed by atoms with van der Waals surface area (Å²) in [5, 5.41) is 3.07. The second kappa shape index (κ2) is 6.02. The van der Waals surface area contributed by atoms with Gasteiger partial charge in [-0.25, -0.2) is 0 Å². The molecule has 2 rings (SSSR count). The number of aromatic nitrogens is 1. The quantitative estimate of drug-likeness (QED) is 0.826. The molecule has 1 aromatic rings. The zero-order valence-electron chi connectivity index (χ0n) is 10.8. The maximum absolute atomic E-state index is 5.51. The highest BCUT2D eigenvalue weighted by Gasteiger charge is 2.19. The first-order valence-electron chi connectivity index (χ1n) is 6.39. The molecular weight excluding hydrogens is 216 g/mol. The fourth-order valence-corrected chi connectivity index (χ4v) is 2.18. The molecule has 2 heterocycles. The molecule has 0 saturated carbocycles. The van der Waals surface area contributed by atoms with Gasteiger partial charge >= 0.3 is 0 Å². The molecular formula is C12H22N4O. The minimum Gasteiger partial charge on any atom is -0.432 e. The molecule has 1 aliphatic rings. The highest BCUT2D eigenvalue weighted by Crippen LogP contribution is 2.15. The molecule has 0 spiro atoms. The van der Waals surface area contributed by atoms with Crippen LogP contribution in [0.1, 0.15) is 19.0 Å². The van der Waals surface area contributed by atoms with Crippen molar-refractivity contribution < 1.29 is 4.42 Å². The van der Waals surface area contributed by atoms with E-state index in [1.807, 2.05) is 7.05 Å². The first-order chi connectivity index (χ1) is 8.33. The highest BCUT2D eigenvalue weighted by molar-refractivity contribution is 5.27. The van der Waals surface area contributed by atoms with Gasteiger partial charge in [-0.05, 0) is 20.0 Å². The number of piperazine rings is 1. The lowest BCUT2D eigenvalue weighted by atomic mass is 10.3. The minimum atomic E-state index is 0.763. The predicted octanol–water partition coefficient (Wildman–Crippen LogP) is 0.926. The Morgan fingerprint density at radius 1 is 1.35 bits per heavy atom. The summed E-state index contributed by atoms with van der Waals surface area (Å²) < 4.78 is 5.51. The summed E-state index contributed by atoms with van der Waals surface area (Å²) in [7, 11) is 1.91. The number of nitrogens with one attached hydrogen (secondary N) is 1. The average Bonchev–Trinajstić information content (AvgIpc) is 2.80. The number of anilines is 1. The summed E-state index contributed by atoms with van der Waals surface area (Å²) in [4.78, 5) is 9.19. The van der Waals surface area contributed by atoms with Crippen LogP contribution in [0.15, 0.2) is 10.7 Å². The molecule has 0 unspecified atom stereocenters. The van der Waals surface area contributed by atoms with Crippen molar-refractivity contribution in [3.05, 3.63) is 12.0 Å². The first kappa shape index (κ1) is 12.4. The number of hydrogen-bond acceptors (Lipinski definition) is 5. The van der Waals surface area contributed by atoms with E-state index in [1.165, 1.54) is 13.0 Å². The monoisotopic (exact) mass is 238 g/mol. The van der Waals surface area contributed by atoms with Gasteiger partial charge in [0.25, 0.3) is 6.01 Å². The fourth-order valence-electron chi connectivity index (χ4n) is 2.18. The first-order valence-corrected chi connectivity index (χ1v) is 6.39. The molecule has 96 valence electrons. The molecule has 5 nitrogen and oxygen atoms in total. The number of rotatable bonds is 5. The summed E-state index contributed by atoms with van der Waals surface area (Å²) in [6, 6.07) is 0.770. The van der Waals surface area contributed by atoms with Crippen LogP contribution in [0.3, 0.4) is 0 Å². The lowest BCUT2D eigenvalue weighted by molar-refractivity contribution is 0.253. The van der Waals surface area contributed by atoms with Crippen molar-refractivity contribution in [3.63, 3.8) is 0 Å². The van der Waals surface area contributed by atoms with Crippen LogP contribution in [0.2, 0.25) is 0 Å². The van der Waals surface area contributed by atoms with Gasteiger partial charge in [-0.3, -0.25) is 4.90 Å². The number of nitrogens with zero attached hydrogens (tertiary/aromatic N) is 3. The van der Waals surface area contributed by atoms with Gasteiger partial charge in [-0.2, -0.15) is 4.98 Å². The lowest BCUT2D eigenvalue weighted by Gasteiger charge is -2.33. The highest BCUT2D eigenvalue weighted by atomic mass is 16.4. The van der Waals surface area contributed by atoms with Gasteiger partial charge in [-0.15, -0.1) is 0 Å². The molecule has 0 radical (unpaired) electrons. The molecule has 5 heteroatoms. The summed E-state index contributed by atoms with van der Waals surface area (Å²) in [6.45, 7) is 8.43. The Morgan fingerprint density at radius 3 is 2.76 bits per heavy atom. The van der Waals surface area contributed by atoms with Crippen molar-refractivity contribution in [2.45, 2.75) is 19.9 Å². The molecule has 0 aromatic carbocycles. The summed E-state index contributed by atoms with van der Waals surface area (Å²) in [5.74, 6) is 0. The van der Waals surface area contributed by atoms with E-state index in [-0.39, 0.29) is 0 Å². The van der Waals surface area contributed by atoms with E-state index in [2.05, 4.69) is 27.0 Å². The zero-order valence-corrected chi connectivity index (χ0v) is 10.8. The third-order valence-electron chi connectivity index (χ3n) is 3.08. The smallest absolute Gasteiger partial charge is 0.297 e. The minimum absolute atomic E-state index is 0.763. The van der Waals surface area contributed by atoms with Gasteiger partial charge in [-0.1, -0.05) is 6.92 Å². The number of hydrogen-bond donors (Lipinski definition) is 1. The van der Waals surface area contributed by atoms with Crippen LogP contribution in [0.25, 0.3) is 0 Å². The lowest BCUT2D eigenvalue weighted by Crippen LogP contribution is -2.46. The van der Waals surface area contributed by atoms with E-state index in [4.69, 9.17) is 4.42 Å². The van der Waals surface area contributed by atoms with Crippen molar-refractivity contribution in [3.8, 4) is 0 Å². The van der Waals surface area contributed by atoms with Crippen molar-refractivity contribution in [2.24, 2.45) is 0 Å². The molecule has 0 amide bonds. The van der Waals surface area contributed by atoms with Gasteiger partial charge in [0.05, 0.1) is 5.69 Å². The Hall–Kier alpha value is -1.07. The summed E-state index contributed by atoms with van der Waals surface area (Å²) in [5.41, 5.74) is 0.971. The third-order valence-corrected chi connectivity index (χ3v) is 3.08. The van der Waals surface area contributed by atoms with Crippen molar-refractivity contribution >= 4 is 6.01 Å². The second-order valence-corrected chi connectivity index (χ2v) is 4.48. The van der Waals surface area contributed by atoms with Crippen LogP contribution in [-0.4, -0.2) is 49.7 Å². The molecule has 0 aliphatic carbocycles. The van der Waals surface area contributed by atoms with E-state index in [0.29, 0.717) is 0 Å². The second-order valence-electron chi connectivity index (χ2n) is 4.48. The van der Waals surface area contributed by atoms with Gasteiger partial charge in [0, 0.05) is 32.7 Å². The molecule has 0 atom stereocenters. The molecule has 0 bridgehead atoms. The fraction of sp³-hybridized carbons (Fsp3) is 0.750. The Bertz CT molecular complexity index is 331. The summed E-state index contributed by atoms with van der Waals surface area (Å²) in [6.07, 6.45) is 2.97. The Labute approximate surface area is 103 Å². The molecule has 1 fully saturated rings. The van der Waals surface area contributed by atoms with Crippen molar-refractivity contribution in [1.82, 2.24) is 15.2 Å². The Balaban J connectivity index is 1.86. The predicted molar refractivity (Wildman–Crippen MR) is 68.2 cm³/mol. The van der Waals surface area contributed by atoms with Crippen LogP contribution < -0.4 is 10.2 Å².